The molecule has 0 unspecified atom stereocenters. The molecule has 3 saturated heterocycles. The van der Waals surface area contributed by atoms with E-state index < -0.39 is 24.3 Å². The van der Waals surface area contributed by atoms with Crippen molar-refractivity contribution in [1.82, 2.24) is 15.1 Å². The third kappa shape index (κ3) is 5.36. The molecule has 0 bridgehead atoms. The van der Waals surface area contributed by atoms with E-state index in [9.17, 15) is 19.5 Å². The maximum atomic E-state index is 13.6. The molecule has 1 aromatic carbocycles. The Hall–Kier alpha value is -2.29. The van der Waals surface area contributed by atoms with Gasteiger partial charge in [-0.2, -0.15) is 0 Å². The molecule has 4 atom stereocenters. The maximum absolute atomic E-state index is 13.6. The number of nitrogens with zero attached hydrogens (tertiary/aromatic N) is 2. The second kappa shape index (κ2) is 9.88. The lowest BCUT2D eigenvalue weighted by molar-refractivity contribution is -0.138. The number of hydrogen-bond acceptors (Lipinski definition) is 6. The van der Waals surface area contributed by atoms with E-state index in [0.29, 0.717) is 17.9 Å². The number of aliphatic hydroxyl groups excluding tert-OH is 1. The van der Waals surface area contributed by atoms with E-state index in [1.54, 1.807) is 0 Å². The lowest BCUT2D eigenvalue weighted by Gasteiger charge is -2.32. The molecule has 3 aliphatic heterocycles. The zero-order valence-corrected chi connectivity index (χ0v) is 21.6. The van der Waals surface area contributed by atoms with Crippen LogP contribution in [0.5, 0.6) is 0 Å². The average molecular weight is 498 g/mol. The second-order valence-electron chi connectivity index (χ2n) is 12.2. The Bertz CT molecular complexity index is 991. The molecule has 1 aliphatic carbocycles. The summed E-state index contributed by atoms with van der Waals surface area (Å²) in [5.74, 6) is -0.335. The van der Waals surface area contributed by atoms with Gasteiger partial charge in [0.2, 0.25) is 5.91 Å². The second-order valence-corrected chi connectivity index (χ2v) is 12.2. The highest BCUT2D eigenvalue weighted by Crippen LogP contribution is 2.35. The molecule has 0 aromatic heterocycles. The molecule has 2 N–H and O–H groups in total. The number of aliphatic hydroxyl groups is 1. The van der Waals surface area contributed by atoms with Gasteiger partial charge in [-0.05, 0) is 74.2 Å². The van der Waals surface area contributed by atoms with Crippen LogP contribution in [0.15, 0.2) is 24.3 Å². The normalized spacial score (nSPS) is 28.3. The predicted molar refractivity (Wildman–Crippen MR) is 135 cm³/mol. The SMILES string of the molecule is CC(C)(C)C[C@H](NC(=O)c1ccc(C2CCN(C3CC3)CC2)cc1)C(=O)N1C[C@@H](O)[C@H]2OCC(=O)[C@H]21. The number of benzene rings is 1. The van der Waals surface area contributed by atoms with E-state index in [4.69, 9.17) is 4.74 Å². The number of nitrogens with one attached hydrogen (secondary N) is 1. The molecule has 36 heavy (non-hydrogen) atoms. The minimum atomic E-state index is -0.903. The molecule has 1 saturated carbocycles. The van der Waals surface area contributed by atoms with Gasteiger partial charge in [0, 0.05) is 11.6 Å². The lowest BCUT2D eigenvalue weighted by Crippen LogP contribution is -2.53. The Labute approximate surface area is 213 Å². The van der Waals surface area contributed by atoms with Gasteiger partial charge >= 0.3 is 0 Å². The Morgan fingerprint density at radius 3 is 2.39 bits per heavy atom. The summed E-state index contributed by atoms with van der Waals surface area (Å²) < 4.78 is 5.41. The molecule has 196 valence electrons. The summed E-state index contributed by atoms with van der Waals surface area (Å²) >= 11 is 0. The standard InChI is InChI=1S/C28H39N3O5/c1-28(2,3)14-21(27(35)31-15-22(32)25-24(31)23(33)16-36-25)29-26(34)19-6-4-17(5-7-19)18-10-12-30(13-11-18)20-8-9-20/h4-7,18,20-22,24-25,32H,8-16H2,1-3H3,(H,29,34)/t21-,22+,24+,25+/m0/s1. The van der Waals surface area contributed by atoms with Crippen molar-refractivity contribution >= 4 is 17.6 Å². The summed E-state index contributed by atoms with van der Waals surface area (Å²) in [6.45, 7) is 8.25. The van der Waals surface area contributed by atoms with Crippen LogP contribution in [-0.2, 0) is 14.3 Å². The van der Waals surface area contributed by atoms with E-state index in [1.807, 2.05) is 45.0 Å². The first-order valence-electron chi connectivity index (χ1n) is 13.4. The van der Waals surface area contributed by atoms with Gasteiger partial charge in [-0.25, -0.2) is 0 Å². The summed E-state index contributed by atoms with van der Waals surface area (Å²) in [6, 6.07) is 7.02. The van der Waals surface area contributed by atoms with Crippen LogP contribution < -0.4 is 5.32 Å². The molecule has 8 heteroatoms. The van der Waals surface area contributed by atoms with Crippen LogP contribution >= 0.6 is 0 Å². The molecule has 5 rings (SSSR count). The minimum absolute atomic E-state index is 0.0324. The van der Waals surface area contributed by atoms with Crippen LogP contribution in [0.25, 0.3) is 0 Å². The van der Waals surface area contributed by atoms with E-state index >= 15 is 0 Å². The number of piperidine rings is 1. The number of carbonyl (C=O) groups excluding carboxylic acids is 3. The zero-order valence-electron chi connectivity index (χ0n) is 21.6. The monoisotopic (exact) mass is 497 g/mol. The summed E-state index contributed by atoms with van der Waals surface area (Å²) in [5.41, 5.74) is 1.54. The Balaban J connectivity index is 1.25. The van der Waals surface area contributed by atoms with Gasteiger partial charge in [-0.1, -0.05) is 32.9 Å². The summed E-state index contributed by atoms with van der Waals surface area (Å²) in [5, 5.41) is 13.3. The smallest absolute Gasteiger partial charge is 0.251 e. The number of rotatable bonds is 6. The van der Waals surface area contributed by atoms with E-state index in [-0.39, 0.29) is 36.2 Å². The van der Waals surface area contributed by atoms with Gasteiger partial charge in [0.25, 0.3) is 5.91 Å². The molecular weight excluding hydrogens is 458 g/mol. The van der Waals surface area contributed by atoms with Crippen molar-refractivity contribution in [1.29, 1.82) is 0 Å². The zero-order chi connectivity index (χ0) is 25.6. The van der Waals surface area contributed by atoms with Crippen molar-refractivity contribution in [2.45, 2.75) is 89.1 Å². The summed E-state index contributed by atoms with van der Waals surface area (Å²) in [4.78, 5) is 43.1. The number of fused-ring (bicyclic) bond motifs is 1. The van der Waals surface area contributed by atoms with Gasteiger partial charge in [0.1, 0.15) is 30.9 Å². The quantitative estimate of drug-likeness (QED) is 0.625. The van der Waals surface area contributed by atoms with E-state index in [2.05, 4.69) is 10.2 Å². The lowest BCUT2D eigenvalue weighted by atomic mass is 9.87. The molecule has 0 radical (unpaired) electrons. The number of likely N-dealkylation sites (tertiary alicyclic amines) is 2. The number of ketones is 1. The van der Waals surface area contributed by atoms with Crippen molar-refractivity contribution in [2.75, 3.05) is 26.2 Å². The fourth-order valence-electron chi connectivity index (χ4n) is 6.06. The number of amides is 2. The van der Waals surface area contributed by atoms with Gasteiger partial charge in [0.15, 0.2) is 5.78 Å². The molecule has 3 heterocycles. The van der Waals surface area contributed by atoms with E-state index in [0.717, 1.165) is 32.0 Å². The predicted octanol–water partition coefficient (Wildman–Crippen LogP) is 2.10. The third-order valence-corrected chi connectivity index (χ3v) is 8.10. The Kier molecular flexibility index (Phi) is 6.96. The fraction of sp³-hybridized carbons (Fsp3) is 0.679. The number of Topliss-reactive ketones (excluding diaryl/α,β-unsaturated/α-hetero) is 1. The topological polar surface area (TPSA) is 99.2 Å². The molecule has 4 fully saturated rings. The van der Waals surface area contributed by atoms with Gasteiger partial charge < -0.3 is 25.0 Å². The van der Waals surface area contributed by atoms with Gasteiger partial charge in [-0.15, -0.1) is 0 Å². The van der Waals surface area contributed by atoms with Crippen LogP contribution in [0, 0.1) is 5.41 Å². The highest BCUT2D eigenvalue weighted by molar-refractivity contribution is 5.99. The highest BCUT2D eigenvalue weighted by atomic mass is 16.5. The van der Waals surface area contributed by atoms with Crippen molar-refractivity contribution < 1.29 is 24.2 Å². The van der Waals surface area contributed by atoms with Crippen molar-refractivity contribution in [2.24, 2.45) is 5.41 Å². The average Bonchev–Trinajstić information content (AvgIpc) is 3.55. The molecule has 2 amide bonds. The number of carbonyl (C=O) groups is 3. The molecule has 8 nitrogen and oxygen atoms in total. The molecule has 1 aromatic rings. The van der Waals surface area contributed by atoms with Crippen molar-refractivity contribution in [3.05, 3.63) is 35.4 Å². The Morgan fingerprint density at radius 2 is 1.78 bits per heavy atom. The fourth-order valence-corrected chi connectivity index (χ4v) is 6.06. The first-order chi connectivity index (χ1) is 17.1. The highest BCUT2D eigenvalue weighted by Gasteiger charge is 2.53. The third-order valence-electron chi connectivity index (χ3n) is 8.10. The number of hydrogen-bond donors (Lipinski definition) is 2. The van der Waals surface area contributed by atoms with Crippen LogP contribution in [0.3, 0.4) is 0 Å². The molecule has 4 aliphatic rings. The first kappa shape index (κ1) is 25.4. The van der Waals surface area contributed by atoms with Gasteiger partial charge in [0.05, 0.1) is 6.54 Å². The molecule has 0 spiro atoms. The van der Waals surface area contributed by atoms with Crippen LogP contribution in [0.4, 0.5) is 0 Å². The van der Waals surface area contributed by atoms with Crippen LogP contribution in [0.2, 0.25) is 0 Å². The van der Waals surface area contributed by atoms with Crippen LogP contribution in [-0.4, -0.2) is 89.1 Å². The van der Waals surface area contributed by atoms with Gasteiger partial charge in [-0.3, -0.25) is 14.4 Å². The molecular formula is C28H39N3O5. The maximum Gasteiger partial charge on any atom is 0.251 e. The minimum Gasteiger partial charge on any atom is -0.388 e. The summed E-state index contributed by atoms with van der Waals surface area (Å²) in [7, 11) is 0. The Morgan fingerprint density at radius 1 is 1.11 bits per heavy atom. The van der Waals surface area contributed by atoms with Crippen molar-refractivity contribution in [3.63, 3.8) is 0 Å². The van der Waals surface area contributed by atoms with Crippen molar-refractivity contribution in [3.8, 4) is 0 Å². The largest absolute Gasteiger partial charge is 0.388 e. The number of β-amino-alcohol motifs (C(OH)–C–C–N with tert-alkyl or cyclic N) is 1. The first-order valence-corrected chi connectivity index (χ1v) is 13.4. The number of ether oxygens (including phenoxy) is 1. The summed E-state index contributed by atoms with van der Waals surface area (Å²) in [6.07, 6.45) is 3.81. The van der Waals surface area contributed by atoms with Crippen LogP contribution in [0.1, 0.15) is 74.7 Å². The van der Waals surface area contributed by atoms with E-state index in [1.165, 1.54) is 23.3 Å².